The average molecular weight is 1310 g/mol. The van der Waals surface area contributed by atoms with Crippen LogP contribution in [-0.4, -0.2) is 176 Å². The van der Waals surface area contributed by atoms with E-state index in [1.807, 2.05) is 11.5 Å². The lowest BCUT2D eigenvalue weighted by atomic mass is 9.82. The number of nitrogens with two attached hydrogens (primary N) is 1. The van der Waals surface area contributed by atoms with Gasteiger partial charge in [0.25, 0.3) is 5.91 Å². The van der Waals surface area contributed by atoms with E-state index < -0.39 is 147 Å². The molecule has 2 bridgehead atoms. The van der Waals surface area contributed by atoms with Gasteiger partial charge < -0.3 is 60.1 Å². The highest BCUT2D eigenvalue weighted by Gasteiger charge is 2.57. The molecule has 0 spiro atoms. The van der Waals surface area contributed by atoms with Gasteiger partial charge in [-0.3, -0.25) is 19.9 Å². The van der Waals surface area contributed by atoms with Crippen molar-refractivity contribution in [3.8, 4) is 11.8 Å². The minimum Gasteiger partial charge on any atom is -0.453 e. The molecule has 2 aromatic carbocycles. The van der Waals surface area contributed by atoms with Crippen molar-refractivity contribution in [1.29, 1.82) is 0 Å². The topological polar surface area (TPSA) is 307 Å². The van der Waals surface area contributed by atoms with Crippen LogP contribution in [0, 0.1) is 34.3 Å². The van der Waals surface area contributed by atoms with Gasteiger partial charge in [0.1, 0.15) is 35.6 Å². The van der Waals surface area contributed by atoms with Crippen molar-refractivity contribution in [2.24, 2.45) is 21.6 Å². The maximum Gasteiger partial charge on any atom is 0.510 e. The molecule has 6 atom stereocenters. The molecule has 0 saturated carbocycles. The van der Waals surface area contributed by atoms with Crippen LogP contribution in [0.5, 0.6) is 0 Å². The molecule has 6 rings (SSSR count). The summed E-state index contributed by atoms with van der Waals surface area (Å²) in [5, 5.41) is 6.10. The van der Waals surface area contributed by atoms with Gasteiger partial charge >= 0.3 is 45.1 Å². The summed E-state index contributed by atoms with van der Waals surface area (Å²) < 4.78 is 187. The fourth-order valence-electron chi connectivity index (χ4n) is 9.78. The Morgan fingerprint density at radius 3 is 1.87 bits per heavy atom. The summed E-state index contributed by atoms with van der Waals surface area (Å²) in [6.07, 6.45) is -14.0. The first kappa shape index (κ1) is 71.3. The molecule has 24 nitrogen and oxygen atoms in total. The number of aliphatic imine (C=N–C) groups is 1. The van der Waals surface area contributed by atoms with E-state index in [9.17, 15) is 73.4 Å². The minimum absolute atomic E-state index is 0.0943. The largest absolute Gasteiger partial charge is 0.510 e. The lowest BCUT2D eigenvalue weighted by Gasteiger charge is -2.47. The fourth-order valence-corrected chi connectivity index (χ4v) is 9.97. The standard InChI is InChI=1S/C55H65F10N10O14P/c1-52(2,54(60,61)62)44(70-49(78)84-5)46(76)69-41(19-31-10-7-30(8-11-31)9-12-32-13-16-43(68-22-32)73-23-34-14-15-35(24-73)75(34)36-27-86-28-36)42(89-51(80)87-29-88-90(81,82)83)26-74(72-47(77)45(71-50(79)85-6)53(3,4)55(63,64)65)25-37-38(56)20-33(21-39(37)57)40(66)17-18-67-48(58)59/h7-8,10-11,13,16-18,20-22,34-36,41-42,44-45,48H,14-15,19,23-29,66H2,1-6H3,(H,69,76)(H,70,78)(H,71,79)(H,72,77)(H2,81,82,83)/t34?,35?,41-,42-,44+,45+/m0/s1. The van der Waals surface area contributed by atoms with E-state index in [1.165, 1.54) is 24.3 Å². The molecular weight excluding hydrogens is 1250 g/mol. The van der Waals surface area contributed by atoms with Gasteiger partial charge in [-0.25, -0.2) is 47.2 Å². The summed E-state index contributed by atoms with van der Waals surface area (Å²) in [6.45, 7) is -2.62. The second kappa shape index (κ2) is 29.9. The maximum atomic E-state index is 16.3. The summed E-state index contributed by atoms with van der Waals surface area (Å²) in [4.78, 5) is 98.2. The van der Waals surface area contributed by atoms with E-state index in [0.717, 1.165) is 52.0 Å². The second-order valence-electron chi connectivity index (χ2n) is 21.9. The van der Waals surface area contributed by atoms with Crippen molar-refractivity contribution in [3.63, 3.8) is 0 Å². The Morgan fingerprint density at radius 1 is 0.833 bits per heavy atom. The third-order valence-corrected chi connectivity index (χ3v) is 15.5. The van der Waals surface area contributed by atoms with Gasteiger partial charge in [-0.15, -0.1) is 0 Å². The van der Waals surface area contributed by atoms with Gasteiger partial charge in [-0.1, -0.05) is 24.0 Å². The summed E-state index contributed by atoms with van der Waals surface area (Å²) in [7, 11) is -3.96. The number of benzene rings is 2. The molecule has 494 valence electrons. The molecule has 4 heterocycles. The predicted octanol–water partition coefficient (Wildman–Crippen LogP) is 6.18. The average Bonchev–Trinajstić information content (AvgIpc) is 1.49. The molecule has 8 N–H and O–H groups in total. The Kier molecular flexibility index (Phi) is 23.7. The number of hydrogen-bond acceptors (Lipinski definition) is 18. The Morgan fingerprint density at radius 2 is 1.38 bits per heavy atom. The number of anilines is 1. The number of methoxy groups -OCH3 is 2. The number of phosphoric acid groups is 1. The van der Waals surface area contributed by atoms with E-state index in [-0.39, 0.29) is 5.56 Å². The highest BCUT2D eigenvalue weighted by molar-refractivity contribution is 7.46. The zero-order valence-electron chi connectivity index (χ0n) is 48.9. The molecule has 3 aromatic rings. The highest BCUT2D eigenvalue weighted by atomic mass is 31.2. The van der Waals surface area contributed by atoms with Crippen molar-refractivity contribution >= 4 is 55.7 Å². The number of halogens is 10. The number of carbonyl (C=O) groups is 5. The molecular formula is C55H65F10N10O14P. The molecule has 0 radical (unpaired) electrons. The second-order valence-corrected chi connectivity index (χ2v) is 23.2. The Balaban J connectivity index is 1.43. The summed E-state index contributed by atoms with van der Waals surface area (Å²) in [5.41, 5.74) is 0.126. The zero-order valence-corrected chi connectivity index (χ0v) is 49.8. The summed E-state index contributed by atoms with van der Waals surface area (Å²) in [6, 6.07) is 4.03. The normalized spacial score (nSPS) is 18.2. The van der Waals surface area contributed by atoms with E-state index in [2.05, 4.69) is 55.7 Å². The van der Waals surface area contributed by atoms with Crippen LogP contribution in [0.2, 0.25) is 0 Å². The first-order valence-electron chi connectivity index (χ1n) is 27.2. The number of piperazine rings is 1. The van der Waals surface area contributed by atoms with Gasteiger partial charge in [0.05, 0.1) is 56.9 Å². The van der Waals surface area contributed by atoms with Crippen LogP contribution in [0.4, 0.5) is 64.1 Å². The van der Waals surface area contributed by atoms with E-state index in [0.29, 0.717) is 93.5 Å². The molecule has 3 fully saturated rings. The van der Waals surface area contributed by atoms with Crippen LogP contribution in [0.1, 0.15) is 68.4 Å². The van der Waals surface area contributed by atoms with E-state index >= 15 is 8.78 Å². The number of nitrogens with zero attached hydrogens (tertiary/aromatic N) is 5. The van der Waals surface area contributed by atoms with E-state index in [4.69, 9.17) is 15.2 Å². The van der Waals surface area contributed by atoms with Gasteiger partial charge in [0.15, 0.2) is 0 Å². The number of pyridine rings is 1. The van der Waals surface area contributed by atoms with Crippen LogP contribution in [0.15, 0.2) is 65.8 Å². The quantitative estimate of drug-likeness (QED) is 0.00606. The van der Waals surface area contributed by atoms with Crippen molar-refractivity contribution in [2.45, 2.75) is 115 Å². The van der Waals surface area contributed by atoms with Crippen LogP contribution in [-0.2, 0) is 55.3 Å². The monoisotopic (exact) mass is 1310 g/mol. The lowest BCUT2D eigenvalue weighted by Crippen LogP contribution is -2.64. The molecule has 90 heavy (non-hydrogen) atoms. The van der Waals surface area contributed by atoms with Crippen LogP contribution in [0.25, 0.3) is 5.70 Å². The number of hydrogen-bond donors (Lipinski definition) is 7. The lowest BCUT2D eigenvalue weighted by molar-refractivity contribution is -0.221. The number of alkyl carbamates (subject to hydrolysis) is 2. The van der Waals surface area contributed by atoms with Crippen molar-refractivity contribution in [3.05, 3.63) is 100 Å². The molecule has 3 aliphatic rings. The van der Waals surface area contributed by atoms with Gasteiger partial charge in [-0.05, 0) is 95.0 Å². The van der Waals surface area contributed by atoms with Gasteiger partial charge in [0.2, 0.25) is 12.7 Å². The Bertz CT molecular complexity index is 3180. The van der Waals surface area contributed by atoms with Gasteiger partial charge in [0, 0.05) is 72.1 Å². The number of fused-ring (bicyclic) bond motifs is 2. The number of rotatable bonds is 24. The fraction of sp³-hybridized carbons (Fsp3) is 0.509. The summed E-state index contributed by atoms with van der Waals surface area (Å²) >= 11 is 0. The SMILES string of the molecule is COC(=O)N[C@H](C(=O)N[C@@H](Cc1ccc(C#Cc2ccc(N3CC4CCC(C3)N4C3COC3)nc2)cc1)[C@H](CN(Cc1c(F)cc(C(N)=CC=NC(F)F)cc1F)NC(=O)[C@@H](NC(=O)OC)C(C)(C)C(F)(F)F)OC(=O)OCOP(=O)(O)O)C(C)(C)C(F)(F)F. The number of carbonyl (C=O) groups excluding carboxylic acids is 5. The number of allylic oxidation sites excluding steroid dienone is 1. The number of alkyl halides is 8. The van der Waals surface area contributed by atoms with Crippen molar-refractivity contribution < 1.29 is 110 Å². The van der Waals surface area contributed by atoms with E-state index in [1.54, 1.807) is 22.9 Å². The Labute approximate surface area is 508 Å². The van der Waals surface area contributed by atoms with Crippen molar-refractivity contribution in [2.75, 3.05) is 58.8 Å². The smallest absolute Gasteiger partial charge is 0.453 e. The third-order valence-electron chi connectivity index (χ3n) is 15.1. The van der Waals surface area contributed by atoms with Gasteiger partial charge in [-0.2, -0.15) is 35.1 Å². The highest BCUT2D eigenvalue weighted by Crippen LogP contribution is 2.43. The van der Waals surface area contributed by atoms with Crippen LogP contribution in [0.3, 0.4) is 0 Å². The number of hydrazine groups is 1. The molecule has 2 unspecified atom stereocenters. The first-order valence-corrected chi connectivity index (χ1v) is 28.7. The van der Waals surface area contributed by atoms with Crippen LogP contribution >= 0.6 is 7.82 Å². The molecule has 35 heteroatoms. The Hall–Kier alpha value is -7.80. The number of ether oxygens (including phenoxy) is 5. The number of phosphoric ester groups is 1. The molecule has 1 aromatic heterocycles. The third kappa shape index (κ3) is 18.9. The molecule has 4 amide bonds. The zero-order chi connectivity index (χ0) is 66.7. The first-order chi connectivity index (χ1) is 42.0. The predicted molar refractivity (Wildman–Crippen MR) is 297 cm³/mol. The summed E-state index contributed by atoms with van der Waals surface area (Å²) in [5.74, 6) is 0.00648. The number of nitrogens with one attached hydrogen (secondary N) is 4. The van der Waals surface area contributed by atoms with Crippen molar-refractivity contribution in [1.82, 2.24) is 36.3 Å². The molecule has 3 saturated heterocycles. The molecule has 0 aliphatic carbocycles. The number of aromatic nitrogens is 1. The maximum absolute atomic E-state index is 16.3. The number of amides is 4. The van der Waals surface area contributed by atoms with Crippen LogP contribution < -0.4 is 32.0 Å². The minimum atomic E-state index is -5.43. The molecule has 3 aliphatic heterocycles.